The number of halogens is 1. The van der Waals surface area contributed by atoms with Crippen LogP contribution in [0.4, 0.5) is 10.2 Å². The minimum atomic E-state index is -0.316. The summed E-state index contributed by atoms with van der Waals surface area (Å²) in [5.74, 6) is 2.23. The van der Waals surface area contributed by atoms with Crippen molar-refractivity contribution in [1.82, 2.24) is 9.78 Å². The van der Waals surface area contributed by atoms with Gasteiger partial charge in [0.05, 0.1) is 11.4 Å². The minimum Gasteiger partial charge on any atom is -0.484 e. The first-order chi connectivity index (χ1) is 14.7. The van der Waals surface area contributed by atoms with Crippen molar-refractivity contribution in [1.29, 1.82) is 0 Å². The van der Waals surface area contributed by atoms with Crippen LogP contribution in [0.3, 0.4) is 0 Å². The lowest BCUT2D eigenvalue weighted by atomic mass is 10.1. The van der Waals surface area contributed by atoms with Crippen LogP contribution < -0.4 is 10.1 Å². The predicted octanol–water partition coefficient (Wildman–Crippen LogP) is 4.93. The Morgan fingerprint density at radius 2 is 1.87 bits per heavy atom. The van der Waals surface area contributed by atoms with Crippen LogP contribution in [0.1, 0.15) is 11.3 Å². The molecule has 1 N–H and O–H groups in total. The number of hydrogen-bond donors (Lipinski definition) is 1. The number of carbonyl (C=O) groups is 1. The van der Waals surface area contributed by atoms with Crippen LogP contribution in [-0.2, 0) is 16.3 Å². The van der Waals surface area contributed by atoms with Gasteiger partial charge >= 0.3 is 0 Å². The van der Waals surface area contributed by atoms with Gasteiger partial charge in [-0.25, -0.2) is 9.07 Å². The van der Waals surface area contributed by atoms with Gasteiger partial charge in [-0.2, -0.15) is 16.9 Å². The highest BCUT2D eigenvalue weighted by Crippen LogP contribution is 2.36. The van der Waals surface area contributed by atoms with Crippen LogP contribution in [0.15, 0.2) is 66.7 Å². The third-order valence-corrected chi connectivity index (χ3v) is 5.94. The molecule has 3 aromatic carbocycles. The number of rotatable bonds is 5. The summed E-state index contributed by atoms with van der Waals surface area (Å²) in [6, 6.07) is 19.8. The molecule has 5 nitrogen and oxygen atoms in total. The van der Waals surface area contributed by atoms with E-state index in [1.807, 2.05) is 42.5 Å². The van der Waals surface area contributed by atoms with Crippen molar-refractivity contribution in [3.63, 3.8) is 0 Å². The van der Waals surface area contributed by atoms with Crippen molar-refractivity contribution in [3.05, 3.63) is 83.8 Å². The summed E-state index contributed by atoms with van der Waals surface area (Å²) >= 11 is 1.75. The number of ether oxygens (including phenoxy) is 1. The van der Waals surface area contributed by atoms with Crippen molar-refractivity contribution in [3.8, 4) is 11.4 Å². The minimum absolute atomic E-state index is 0.116. The van der Waals surface area contributed by atoms with E-state index < -0.39 is 0 Å². The molecule has 0 saturated carbocycles. The standard InChI is InChI=1S/C23H18FN3O2S/c24-17-6-8-18(9-7-17)27-23(20-13-30-14-21(20)26-27)25-22(28)12-29-19-10-5-15-3-1-2-4-16(15)11-19/h1-11H,12-14H2,(H,25,28). The fourth-order valence-corrected chi connectivity index (χ4v) is 4.52. The van der Waals surface area contributed by atoms with E-state index in [0.29, 0.717) is 17.3 Å². The molecule has 5 rings (SSSR count). The van der Waals surface area contributed by atoms with E-state index in [1.54, 1.807) is 28.6 Å². The van der Waals surface area contributed by atoms with E-state index in [4.69, 9.17) is 4.74 Å². The smallest absolute Gasteiger partial charge is 0.263 e. The number of carbonyl (C=O) groups excluding carboxylic acids is 1. The van der Waals surface area contributed by atoms with Crippen molar-refractivity contribution in [2.45, 2.75) is 11.5 Å². The average molecular weight is 419 g/mol. The first-order valence-corrected chi connectivity index (χ1v) is 10.7. The monoisotopic (exact) mass is 419 g/mol. The lowest BCUT2D eigenvalue weighted by molar-refractivity contribution is -0.118. The Kier molecular flexibility index (Phi) is 4.88. The number of nitrogens with one attached hydrogen (secondary N) is 1. The topological polar surface area (TPSA) is 56.1 Å². The Morgan fingerprint density at radius 3 is 2.70 bits per heavy atom. The van der Waals surface area contributed by atoms with E-state index >= 15 is 0 Å². The molecular formula is C23H18FN3O2S. The number of thioether (sulfide) groups is 1. The van der Waals surface area contributed by atoms with Crippen LogP contribution >= 0.6 is 11.8 Å². The molecule has 0 radical (unpaired) electrons. The lowest BCUT2D eigenvalue weighted by Crippen LogP contribution is -2.22. The molecular weight excluding hydrogens is 401 g/mol. The number of hydrogen-bond acceptors (Lipinski definition) is 4. The summed E-state index contributed by atoms with van der Waals surface area (Å²) in [6.07, 6.45) is 0. The summed E-state index contributed by atoms with van der Waals surface area (Å²) in [5, 5.41) is 9.73. The van der Waals surface area contributed by atoms with E-state index in [1.165, 1.54) is 12.1 Å². The maximum atomic E-state index is 13.3. The van der Waals surface area contributed by atoms with E-state index in [2.05, 4.69) is 10.4 Å². The Labute approximate surface area is 176 Å². The van der Waals surface area contributed by atoms with Crippen molar-refractivity contribution < 1.29 is 13.9 Å². The van der Waals surface area contributed by atoms with Gasteiger partial charge in [-0.05, 0) is 47.2 Å². The molecule has 0 fully saturated rings. The van der Waals surface area contributed by atoms with Crippen LogP contribution in [0, 0.1) is 5.82 Å². The zero-order chi connectivity index (χ0) is 20.5. The summed E-state index contributed by atoms with van der Waals surface area (Å²) < 4.78 is 20.7. The number of aromatic nitrogens is 2. The number of anilines is 1. The van der Waals surface area contributed by atoms with Crippen LogP contribution in [-0.4, -0.2) is 22.3 Å². The van der Waals surface area contributed by atoms with Crippen molar-refractivity contribution in [2.24, 2.45) is 0 Å². The number of benzene rings is 3. The molecule has 1 aliphatic rings. The van der Waals surface area contributed by atoms with Gasteiger partial charge in [-0.3, -0.25) is 4.79 Å². The van der Waals surface area contributed by atoms with Gasteiger partial charge in [-0.1, -0.05) is 30.3 Å². The molecule has 0 saturated heterocycles. The fraction of sp³-hybridized carbons (Fsp3) is 0.130. The molecule has 0 atom stereocenters. The third-order valence-electron chi connectivity index (χ3n) is 4.97. The van der Waals surface area contributed by atoms with E-state index in [9.17, 15) is 9.18 Å². The second-order valence-electron chi connectivity index (χ2n) is 7.00. The fourth-order valence-electron chi connectivity index (χ4n) is 3.48. The zero-order valence-corrected chi connectivity index (χ0v) is 16.8. The number of nitrogens with zero attached hydrogens (tertiary/aromatic N) is 2. The maximum absolute atomic E-state index is 13.3. The second-order valence-corrected chi connectivity index (χ2v) is 7.99. The van der Waals surface area contributed by atoms with Gasteiger partial charge in [0.1, 0.15) is 17.4 Å². The van der Waals surface area contributed by atoms with E-state index in [-0.39, 0.29) is 18.3 Å². The Hall–Kier alpha value is -3.32. The molecule has 0 spiro atoms. The average Bonchev–Trinajstić information content (AvgIpc) is 3.35. The Bertz CT molecular complexity index is 1240. The Balaban J connectivity index is 1.34. The highest BCUT2D eigenvalue weighted by molar-refractivity contribution is 7.98. The third kappa shape index (κ3) is 3.64. The summed E-state index contributed by atoms with van der Waals surface area (Å²) in [7, 11) is 0. The van der Waals surface area contributed by atoms with Gasteiger partial charge in [0.2, 0.25) is 0 Å². The molecule has 150 valence electrons. The van der Waals surface area contributed by atoms with Crippen LogP contribution in [0.25, 0.3) is 16.5 Å². The van der Waals surface area contributed by atoms with E-state index in [0.717, 1.165) is 33.5 Å². The quantitative estimate of drug-likeness (QED) is 0.498. The molecule has 2 heterocycles. The van der Waals surface area contributed by atoms with Gasteiger partial charge in [0, 0.05) is 17.1 Å². The first-order valence-electron chi connectivity index (χ1n) is 9.53. The normalized spacial score (nSPS) is 12.7. The molecule has 0 unspecified atom stereocenters. The molecule has 4 aromatic rings. The molecule has 1 aliphatic heterocycles. The van der Waals surface area contributed by atoms with Crippen LogP contribution in [0.5, 0.6) is 5.75 Å². The summed E-state index contributed by atoms with van der Waals surface area (Å²) in [5.41, 5.74) is 2.64. The van der Waals surface area contributed by atoms with Crippen molar-refractivity contribution in [2.75, 3.05) is 11.9 Å². The molecule has 7 heteroatoms. The number of fused-ring (bicyclic) bond motifs is 2. The molecule has 1 aromatic heterocycles. The van der Waals surface area contributed by atoms with Gasteiger partial charge in [0.25, 0.3) is 5.91 Å². The van der Waals surface area contributed by atoms with Crippen molar-refractivity contribution >= 4 is 34.3 Å². The van der Waals surface area contributed by atoms with Gasteiger partial charge in [0.15, 0.2) is 6.61 Å². The number of amides is 1. The Morgan fingerprint density at radius 1 is 1.07 bits per heavy atom. The first kappa shape index (κ1) is 18.7. The molecule has 0 bridgehead atoms. The summed E-state index contributed by atoms with van der Waals surface area (Å²) in [6.45, 7) is -0.116. The molecule has 1 amide bonds. The summed E-state index contributed by atoms with van der Waals surface area (Å²) in [4.78, 5) is 12.6. The highest BCUT2D eigenvalue weighted by Gasteiger charge is 2.24. The zero-order valence-electron chi connectivity index (χ0n) is 16.0. The highest BCUT2D eigenvalue weighted by atomic mass is 32.2. The lowest BCUT2D eigenvalue weighted by Gasteiger charge is -2.12. The second kappa shape index (κ2) is 7.84. The van der Waals surface area contributed by atoms with Gasteiger partial charge < -0.3 is 10.1 Å². The SMILES string of the molecule is O=C(COc1ccc2ccccc2c1)Nc1c2c(nn1-c1ccc(F)cc1)CSC2. The molecule has 0 aliphatic carbocycles. The maximum Gasteiger partial charge on any atom is 0.263 e. The van der Waals surface area contributed by atoms with Crippen LogP contribution in [0.2, 0.25) is 0 Å². The predicted molar refractivity (Wildman–Crippen MR) is 117 cm³/mol. The molecule has 30 heavy (non-hydrogen) atoms. The van der Waals surface area contributed by atoms with Gasteiger partial charge in [-0.15, -0.1) is 0 Å². The largest absolute Gasteiger partial charge is 0.484 e.